The van der Waals surface area contributed by atoms with E-state index >= 15 is 0 Å². The highest BCUT2D eigenvalue weighted by molar-refractivity contribution is 5.32. The quantitative estimate of drug-likeness (QED) is 0.444. The number of hydrogen-bond acceptors (Lipinski definition) is 2. The molecule has 0 rings (SSSR count). The lowest BCUT2D eigenvalue weighted by Crippen LogP contribution is -2.00. The van der Waals surface area contributed by atoms with E-state index in [4.69, 9.17) is 0 Å². The molecule has 0 bridgehead atoms. The molecule has 2 heteroatoms. The molecule has 12 heavy (non-hydrogen) atoms. The molecule has 0 saturated heterocycles. The zero-order valence-electron chi connectivity index (χ0n) is 8.34. The van der Waals surface area contributed by atoms with Crippen LogP contribution in [0.2, 0.25) is 0 Å². The molecule has 0 fully saturated rings. The van der Waals surface area contributed by atoms with Crippen LogP contribution in [0, 0.1) is 11.8 Å². The van der Waals surface area contributed by atoms with Gasteiger partial charge in [-0.25, -0.2) is 9.79 Å². The second-order valence-corrected chi connectivity index (χ2v) is 3.86. The summed E-state index contributed by atoms with van der Waals surface area (Å²) in [7, 11) is 0. The van der Waals surface area contributed by atoms with Gasteiger partial charge in [0.05, 0.1) is 6.54 Å². The Morgan fingerprint density at radius 1 is 1.25 bits per heavy atom. The minimum absolute atomic E-state index is 0.533. The van der Waals surface area contributed by atoms with E-state index in [0.29, 0.717) is 12.5 Å². The Hall–Kier alpha value is -0.620. The van der Waals surface area contributed by atoms with Crippen molar-refractivity contribution in [2.24, 2.45) is 16.8 Å². The number of nitrogens with zero attached hydrogens (tertiary/aromatic N) is 1. The normalized spacial score (nSPS) is 12.7. The van der Waals surface area contributed by atoms with Crippen molar-refractivity contribution in [3.63, 3.8) is 0 Å². The smallest absolute Gasteiger partial charge is 0.211 e. The van der Waals surface area contributed by atoms with Crippen molar-refractivity contribution >= 4 is 6.08 Å². The molecule has 0 aromatic rings. The molecule has 0 spiro atoms. The fourth-order valence-electron chi connectivity index (χ4n) is 1.16. The Balaban J connectivity index is 3.30. The summed E-state index contributed by atoms with van der Waals surface area (Å²) in [5.41, 5.74) is 0. The summed E-state index contributed by atoms with van der Waals surface area (Å²) in [5, 5.41) is 0. The summed E-state index contributed by atoms with van der Waals surface area (Å²) in [6.45, 7) is 7.23. The summed E-state index contributed by atoms with van der Waals surface area (Å²) >= 11 is 0. The summed E-state index contributed by atoms with van der Waals surface area (Å²) in [5.74, 6) is 1.32. The van der Waals surface area contributed by atoms with E-state index in [1.54, 1.807) is 6.08 Å². The standard InChI is InChI=1S/C10H19NO/c1-9(2)5-4-6-10(3)7-11-8-12/h9-10H,4-7H2,1-3H3/t10-/m1/s1. The van der Waals surface area contributed by atoms with E-state index in [2.05, 4.69) is 25.8 Å². The van der Waals surface area contributed by atoms with Crippen LogP contribution >= 0.6 is 0 Å². The van der Waals surface area contributed by atoms with Gasteiger partial charge in [0.2, 0.25) is 6.08 Å². The van der Waals surface area contributed by atoms with Gasteiger partial charge in [-0.1, -0.05) is 33.6 Å². The molecular weight excluding hydrogens is 150 g/mol. The third-order valence-corrected chi connectivity index (χ3v) is 1.95. The summed E-state index contributed by atoms with van der Waals surface area (Å²) in [6.07, 6.45) is 5.26. The van der Waals surface area contributed by atoms with Gasteiger partial charge in [-0.2, -0.15) is 0 Å². The third-order valence-electron chi connectivity index (χ3n) is 1.95. The average Bonchev–Trinajstić information content (AvgIpc) is 2.00. The Labute approximate surface area is 75.1 Å². The number of isocyanates is 1. The lowest BCUT2D eigenvalue weighted by Gasteiger charge is -2.08. The molecule has 0 aliphatic carbocycles. The zero-order chi connectivity index (χ0) is 9.40. The monoisotopic (exact) mass is 169 g/mol. The van der Waals surface area contributed by atoms with Gasteiger partial charge in [0.25, 0.3) is 0 Å². The van der Waals surface area contributed by atoms with Crippen molar-refractivity contribution in [1.29, 1.82) is 0 Å². The van der Waals surface area contributed by atoms with Crippen LogP contribution in [0.3, 0.4) is 0 Å². The van der Waals surface area contributed by atoms with Gasteiger partial charge in [0, 0.05) is 0 Å². The molecule has 0 saturated carbocycles. The number of rotatable bonds is 6. The first-order valence-electron chi connectivity index (χ1n) is 4.70. The maximum absolute atomic E-state index is 9.80. The molecule has 0 aliphatic heterocycles. The van der Waals surface area contributed by atoms with E-state index in [-0.39, 0.29) is 0 Å². The topological polar surface area (TPSA) is 29.4 Å². The van der Waals surface area contributed by atoms with Gasteiger partial charge in [-0.15, -0.1) is 0 Å². The van der Waals surface area contributed by atoms with Gasteiger partial charge in [0.1, 0.15) is 0 Å². The molecular formula is C10H19NO. The van der Waals surface area contributed by atoms with Crippen molar-refractivity contribution in [3.05, 3.63) is 0 Å². The molecule has 0 unspecified atom stereocenters. The number of hydrogen-bond donors (Lipinski definition) is 0. The van der Waals surface area contributed by atoms with Crippen molar-refractivity contribution in [3.8, 4) is 0 Å². The predicted octanol–water partition coefficient (Wildman–Crippen LogP) is 2.78. The highest BCUT2D eigenvalue weighted by atomic mass is 16.1. The van der Waals surface area contributed by atoms with Crippen LogP contribution in [0.5, 0.6) is 0 Å². The van der Waals surface area contributed by atoms with E-state index < -0.39 is 0 Å². The fourth-order valence-corrected chi connectivity index (χ4v) is 1.16. The first-order chi connectivity index (χ1) is 5.66. The Morgan fingerprint density at radius 3 is 2.42 bits per heavy atom. The van der Waals surface area contributed by atoms with Crippen molar-refractivity contribution in [2.75, 3.05) is 6.54 Å². The predicted molar refractivity (Wildman–Crippen MR) is 50.8 cm³/mol. The first kappa shape index (κ1) is 11.4. The lowest BCUT2D eigenvalue weighted by atomic mass is 10.00. The highest BCUT2D eigenvalue weighted by Crippen LogP contribution is 2.12. The SMILES string of the molecule is CC(C)CCC[C@@H](C)CN=C=O. The van der Waals surface area contributed by atoms with E-state index in [1.807, 2.05) is 0 Å². The molecule has 1 atom stereocenters. The molecule has 0 heterocycles. The van der Waals surface area contributed by atoms with Crippen LogP contribution in [0.4, 0.5) is 0 Å². The lowest BCUT2D eigenvalue weighted by molar-refractivity contribution is 0.462. The van der Waals surface area contributed by atoms with Gasteiger partial charge >= 0.3 is 0 Å². The molecule has 0 aliphatic rings. The van der Waals surface area contributed by atoms with Crippen LogP contribution in [0.1, 0.15) is 40.0 Å². The van der Waals surface area contributed by atoms with Crippen molar-refractivity contribution in [2.45, 2.75) is 40.0 Å². The van der Waals surface area contributed by atoms with Crippen LogP contribution in [0.15, 0.2) is 4.99 Å². The third kappa shape index (κ3) is 7.49. The van der Waals surface area contributed by atoms with Crippen LogP contribution < -0.4 is 0 Å². The van der Waals surface area contributed by atoms with Crippen LogP contribution in [-0.4, -0.2) is 12.6 Å². The molecule has 0 amide bonds. The Bertz CT molecular complexity index is 148. The van der Waals surface area contributed by atoms with E-state index in [9.17, 15) is 4.79 Å². The minimum atomic E-state index is 0.533. The molecule has 0 aromatic heterocycles. The Morgan fingerprint density at radius 2 is 1.92 bits per heavy atom. The maximum Gasteiger partial charge on any atom is 0.234 e. The van der Waals surface area contributed by atoms with Gasteiger partial charge in [-0.05, 0) is 18.3 Å². The van der Waals surface area contributed by atoms with E-state index in [1.165, 1.54) is 19.3 Å². The van der Waals surface area contributed by atoms with Crippen molar-refractivity contribution in [1.82, 2.24) is 0 Å². The van der Waals surface area contributed by atoms with Crippen LogP contribution in [-0.2, 0) is 4.79 Å². The summed E-state index contributed by atoms with van der Waals surface area (Å²) in [6, 6.07) is 0. The largest absolute Gasteiger partial charge is 0.234 e. The Kier molecular flexibility index (Phi) is 6.69. The molecule has 0 radical (unpaired) electrons. The maximum atomic E-state index is 9.80. The molecule has 0 N–H and O–H groups in total. The molecule has 0 aromatic carbocycles. The van der Waals surface area contributed by atoms with E-state index in [0.717, 1.165) is 5.92 Å². The first-order valence-corrected chi connectivity index (χ1v) is 4.70. The van der Waals surface area contributed by atoms with Gasteiger partial charge in [0.15, 0.2) is 0 Å². The number of aliphatic imine (C=N–C) groups is 1. The zero-order valence-corrected chi connectivity index (χ0v) is 8.34. The fraction of sp³-hybridized carbons (Fsp3) is 0.900. The van der Waals surface area contributed by atoms with Gasteiger partial charge < -0.3 is 0 Å². The number of carbonyl (C=O) groups excluding carboxylic acids is 1. The average molecular weight is 169 g/mol. The highest BCUT2D eigenvalue weighted by Gasteiger charge is 2.01. The molecule has 70 valence electrons. The molecule has 2 nitrogen and oxygen atoms in total. The van der Waals surface area contributed by atoms with Crippen LogP contribution in [0.25, 0.3) is 0 Å². The summed E-state index contributed by atoms with van der Waals surface area (Å²) < 4.78 is 0. The minimum Gasteiger partial charge on any atom is -0.211 e. The second kappa shape index (κ2) is 7.05. The van der Waals surface area contributed by atoms with Crippen molar-refractivity contribution < 1.29 is 4.79 Å². The second-order valence-electron chi connectivity index (χ2n) is 3.86. The van der Waals surface area contributed by atoms with Gasteiger partial charge in [-0.3, -0.25) is 0 Å². The summed E-state index contributed by atoms with van der Waals surface area (Å²) in [4.78, 5) is 13.4.